The summed E-state index contributed by atoms with van der Waals surface area (Å²) in [5.74, 6) is 0.173. The van der Waals surface area contributed by atoms with Crippen molar-refractivity contribution < 1.29 is 4.79 Å². The van der Waals surface area contributed by atoms with Crippen LogP contribution in [0.1, 0.15) is 37.3 Å². The van der Waals surface area contributed by atoms with E-state index in [-0.39, 0.29) is 23.3 Å². The van der Waals surface area contributed by atoms with Crippen molar-refractivity contribution in [3.05, 3.63) is 69.5 Å². The monoisotopic (exact) mass is 441 g/mol. The number of hydrogen-bond acceptors (Lipinski definition) is 4. The Morgan fingerprint density at radius 2 is 1.87 bits per heavy atom. The van der Waals surface area contributed by atoms with Gasteiger partial charge in [0.15, 0.2) is 5.16 Å². The van der Waals surface area contributed by atoms with Crippen LogP contribution in [0.4, 0.5) is 0 Å². The second kappa shape index (κ2) is 9.67. The highest BCUT2D eigenvalue weighted by Gasteiger charge is 2.23. The first kappa shape index (κ1) is 20.9. The summed E-state index contributed by atoms with van der Waals surface area (Å²) in [7, 11) is 0. The molecule has 0 saturated heterocycles. The minimum absolute atomic E-state index is 0.00172. The van der Waals surface area contributed by atoms with Gasteiger partial charge in [-0.15, -0.1) is 0 Å². The van der Waals surface area contributed by atoms with Crippen LogP contribution in [-0.4, -0.2) is 27.8 Å². The van der Waals surface area contributed by atoms with Gasteiger partial charge in [0.1, 0.15) is 0 Å². The molecule has 4 rings (SSSR count). The second-order valence-electron chi connectivity index (χ2n) is 7.54. The van der Waals surface area contributed by atoms with E-state index in [1.165, 1.54) is 11.8 Å². The quantitative estimate of drug-likeness (QED) is 0.429. The highest BCUT2D eigenvalue weighted by atomic mass is 35.5. The maximum atomic E-state index is 13.1. The van der Waals surface area contributed by atoms with E-state index < -0.39 is 0 Å². The summed E-state index contributed by atoms with van der Waals surface area (Å²) < 4.78 is 1.82. The first-order valence-corrected chi connectivity index (χ1v) is 11.6. The molecule has 1 fully saturated rings. The molecule has 3 aromatic rings. The van der Waals surface area contributed by atoms with Crippen LogP contribution in [-0.2, 0) is 11.2 Å². The third-order valence-corrected chi connectivity index (χ3v) is 6.65. The molecule has 5 nitrogen and oxygen atoms in total. The van der Waals surface area contributed by atoms with Crippen molar-refractivity contribution in [3.8, 4) is 0 Å². The number of benzene rings is 2. The molecule has 1 N–H and O–H groups in total. The smallest absolute Gasteiger partial charge is 0.262 e. The molecule has 1 amide bonds. The lowest BCUT2D eigenvalue weighted by Gasteiger charge is -2.18. The first-order valence-electron chi connectivity index (χ1n) is 10.3. The SMILES string of the molecule is O=C(CSc1nc2ccccc2c(=O)n1C1CCCC1)NCCc1ccc(Cl)cc1. The summed E-state index contributed by atoms with van der Waals surface area (Å²) >= 11 is 7.24. The molecule has 1 aliphatic carbocycles. The molecule has 1 saturated carbocycles. The average Bonchev–Trinajstić information content (AvgIpc) is 3.28. The van der Waals surface area contributed by atoms with E-state index in [1.807, 2.05) is 53.1 Å². The maximum Gasteiger partial charge on any atom is 0.262 e. The Kier molecular flexibility index (Phi) is 6.75. The number of fused-ring (bicyclic) bond motifs is 1. The summed E-state index contributed by atoms with van der Waals surface area (Å²) in [5.41, 5.74) is 1.80. The van der Waals surface area contributed by atoms with Crippen LogP contribution in [0, 0.1) is 0 Å². The zero-order valence-electron chi connectivity index (χ0n) is 16.6. The van der Waals surface area contributed by atoms with Gasteiger partial charge in [-0.2, -0.15) is 0 Å². The van der Waals surface area contributed by atoms with Gasteiger partial charge in [0, 0.05) is 17.6 Å². The highest BCUT2D eigenvalue weighted by Crippen LogP contribution is 2.32. The molecule has 0 aliphatic heterocycles. The maximum absolute atomic E-state index is 13.1. The number of nitrogens with one attached hydrogen (secondary N) is 1. The van der Waals surface area contributed by atoms with Crippen LogP contribution >= 0.6 is 23.4 Å². The van der Waals surface area contributed by atoms with E-state index in [1.54, 1.807) is 0 Å². The number of para-hydroxylation sites is 1. The van der Waals surface area contributed by atoms with E-state index in [4.69, 9.17) is 16.6 Å². The minimum Gasteiger partial charge on any atom is -0.355 e. The number of thioether (sulfide) groups is 1. The van der Waals surface area contributed by atoms with Crippen LogP contribution in [0.15, 0.2) is 58.5 Å². The molecule has 0 unspecified atom stereocenters. The van der Waals surface area contributed by atoms with Crippen molar-refractivity contribution in [1.29, 1.82) is 0 Å². The summed E-state index contributed by atoms with van der Waals surface area (Å²) in [5, 5.41) is 4.93. The van der Waals surface area contributed by atoms with Crippen molar-refractivity contribution in [2.45, 2.75) is 43.3 Å². The molecular formula is C23H24ClN3O2S. The molecule has 2 aromatic carbocycles. The Balaban J connectivity index is 1.43. The third kappa shape index (κ3) is 4.87. The van der Waals surface area contributed by atoms with Gasteiger partial charge in [0.25, 0.3) is 5.56 Å². The number of hydrogen-bond donors (Lipinski definition) is 1. The van der Waals surface area contributed by atoms with Crippen LogP contribution in [0.25, 0.3) is 10.9 Å². The molecular weight excluding hydrogens is 418 g/mol. The number of aromatic nitrogens is 2. The number of amides is 1. The Hall–Kier alpha value is -2.31. The fourth-order valence-electron chi connectivity index (χ4n) is 3.89. The Morgan fingerprint density at radius 1 is 1.13 bits per heavy atom. The molecule has 30 heavy (non-hydrogen) atoms. The van der Waals surface area contributed by atoms with E-state index in [0.717, 1.165) is 37.7 Å². The summed E-state index contributed by atoms with van der Waals surface area (Å²) in [6, 6.07) is 15.2. The summed E-state index contributed by atoms with van der Waals surface area (Å²) in [6.45, 7) is 0.557. The van der Waals surface area contributed by atoms with Gasteiger partial charge in [-0.05, 0) is 49.1 Å². The van der Waals surface area contributed by atoms with Gasteiger partial charge < -0.3 is 5.32 Å². The lowest BCUT2D eigenvalue weighted by Crippen LogP contribution is -2.29. The van der Waals surface area contributed by atoms with E-state index in [9.17, 15) is 9.59 Å². The molecule has 0 spiro atoms. The van der Waals surface area contributed by atoms with Crippen LogP contribution < -0.4 is 10.9 Å². The van der Waals surface area contributed by atoms with Gasteiger partial charge in [0.05, 0.1) is 16.7 Å². The van der Waals surface area contributed by atoms with E-state index in [0.29, 0.717) is 27.6 Å². The number of carbonyl (C=O) groups is 1. The van der Waals surface area contributed by atoms with Gasteiger partial charge in [-0.3, -0.25) is 14.2 Å². The number of rotatable bonds is 7. The highest BCUT2D eigenvalue weighted by molar-refractivity contribution is 7.99. The topological polar surface area (TPSA) is 64.0 Å². The standard InChI is InChI=1S/C23H24ClN3O2S/c24-17-11-9-16(10-12-17)13-14-25-21(28)15-30-23-26-20-8-4-3-7-19(20)22(29)27(23)18-5-1-2-6-18/h3-4,7-12,18H,1-2,5-6,13-15H2,(H,25,28). The van der Waals surface area contributed by atoms with Crippen LogP contribution in [0.2, 0.25) is 5.02 Å². The zero-order valence-corrected chi connectivity index (χ0v) is 18.2. The van der Waals surface area contributed by atoms with Gasteiger partial charge >= 0.3 is 0 Å². The third-order valence-electron chi connectivity index (χ3n) is 5.45. The Morgan fingerprint density at radius 3 is 2.63 bits per heavy atom. The summed E-state index contributed by atoms with van der Waals surface area (Å²) in [4.78, 5) is 30.2. The normalized spacial score (nSPS) is 14.3. The van der Waals surface area contributed by atoms with Gasteiger partial charge in [-0.1, -0.05) is 60.5 Å². The molecule has 0 radical (unpaired) electrons. The lowest BCUT2D eigenvalue weighted by atomic mass is 10.1. The first-order chi connectivity index (χ1) is 14.6. The summed E-state index contributed by atoms with van der Waals surface area (Å²) in [6.07, 6.45) is 4.97. The van der Waals surface area contributed by atoms with E-state index in [2.05, 4.69) is 5.32 Å². The number of nitrogens with zero attached hydrogens (tertiary/aromatic N) is 2. The zero-order chi connectivity index (χ0) is 20.9. The lowest BCUT2D eigenvalue weighted by molar-refractivity contribution is -0.118. The van der Waals surface area contributed by atoms with Crippen LogP contribution in [0.3, 0.4) is 0 Å². The van der Waals surface area contributed by atoms with Crippen molar-refractivity contribution >= 4 is 40.2 Å². The Labute approximate surface area is 184 Å². The molecule has 1 aromatic heterocycles. The van der Waals surface area contributed by atoms with Crippen LogP contribution in [0.5, 0.6) is 0 Å². The minimum atomic E-state index is -0.0608. The largest absolute Gasteiger partial charge is 0.355 e. The predicted octanol–water partition coefficient (Wildman–Crippen LogP) is 4.62. The van der Waals surface area contributed by atoms with Crippen molar-refractivity contribution in [2.24, 2.45) is 0 Å². The second-order valence-corrected chi connectivity index (χ2v) is 8.92. The van der Waals surface area contributed by atoms with Gasteiger partial charge in [0.2, 0.25) is 5.91 Å². The molecule has 0 bridgehead atoms. The molecule has 7 heteroatoms. The fourth-order valence-corrected chi connectivity index (χ4v) is 4.91. The van der Waals surface area contributed by atoms with Crippen molar-refractivity contribution in [2.75, 3.05) is 12.3 Å². The number of carbonyl (C=O) groups excluding carboxylic acids is 1. The molecule has 1 aliphatic rings. The number of halogens is 1. The predicted molar refractivity (Wildman–Crippen MR) is 122 cm³/mol. The van der Waals surface area contributed by atoms with Crippen molar-refractivity contribution in [1.82, 2.24) is 14.9 Å². The fraction of sp³-hybridized carbons (Fsp3) is 0.348. The average molecular weight is 442 g/mol. The van der Waals surface area contributed by atoms with Gasteiger partial charge in [-0.25, -0.2) is 4.98 Å². The molecule has 1 heterocycles. The molecule has 156 valence electrons. The Bertz CT molecular complexity index is 1090. The van der Waals surface area contributed by atoms with Crippen molar-refractivity contribution in [3.63, 3.8) is 0 Å². The molecule has 0 atom stereocenters. The van der Waals surface area contributed by atoms with E-state index >= 15 is 0 Å².